The molecule has 0 saturated carbocycles. The van der Waals surface area contributed by atoms with Crippen LogP contribution in [0.2, 0.25) is 0 Å². The number of methoxy groups -OCH3 is 1. The minimum atomic E-state index is -0.278. The van der Waals surface area contributed by atoms with Crippen LogP contribution in [0.25, 0.3) is 0 Å². The van der Waals surface area contributed by atoms with E-state index in [0.29, 0.717) is 43.2 Å². The van der Waals surface area contributed by atoms with E-state index in [0.717, 1.165) is 11.3 Å². The van der Waals surface area contributed by atoms with E-state index in [2.05, 4.69) is 14.9 Å². The topological polar surface area (TPSA) is 58.2 Å². The van der Waals surface area contributed by atoms with Crippen molar-refractivity contribution in [2.24, 2.45) is 0 Å². The van der Waals surface area contributed by atoms with Gasteiger partial charge in [0.2, 0.25) is 0 Å². The van der Waals surface area contributed by atoms with Gasteiger partial charge in [-0.25, -0.2) is 9.37 Å². The number of nitrogens with zero attached hydrogens (tertiary/aromatic N) is 2. The average molecular weight is 345 g/mol. The first-order valence-electron chi connectivity index (χ1n) is 8.46. The Morgan fingerprint density at radius 2 is 2.12 bits per heavy atom. The zero-order valence-corrected chi connectivity index (χ0v) is 15.1. The van der Waals surface area contributed by atoms with Gasteiger partial charge in [-0.3, -0.25) is 9.69 Å². The number of halogens is 1. The number of hydrogen-bond donors (Lipinski definition) is 1. The average Bonchev–Trinajstić information content (AvgIpc) is 2.55. The molecular weight excluding hydrogens is 321 g/mol. The Labute approximate surface area is 146 Å². The first kappa shape index (κ1) is 17.6. The van der Waals surface area contributed by atoms with Gasteiger partial charge in [0.05, 0.1) is 12.8 Å². The maximum atomic E-state index is 14.2. The van der Waals surface area contributed by atoms with Crippen molar-refractivity contribution in [3.8, 4) is 5.75 Å². The normalized spacial score (nSPS) is 15.1. The molecular formula is C19H24FN3O2. The number of aromatic amines is 1. The largest absolute Gasteiger partial charge is 0.496 e. The third-order valence-electron chi connectivity index (χ3n) is 4.54. The van der Waals surface area contributed by atoms with Crippen LogP contribution in [0.15, 0.2) is 23.0 Å². The fraction of sp³-hybridized carbons (Fsp3) is 0.474. The van der Waals surface area contributed by atoms with Crippen molar-refractivity contribution in [2.45, 2.75) is 45.7 Å². The highest BCUT2D eigenvalue weighted by atomic mass is 19.1. The molecule has 1 aliphatic rings. The van der Waals surface area contributed by atoms with E-state index >= 15 is 0 Å². The third-order valence-corrected chi connectivity index (χ3v) is 4.54. The molecule has 0 radical (unpaired) electrons. The van der Waals surface area contributed by atoms with Crippen molar-refractivity contribution in [3.05, 3.63) is 57.0 Å². The summed E-state index contributed by atoms with van der Waals surface area (Å²) in [4.78, 5) is 22.0. The Balaban J connectivity index is 1.89. The molecule has 0 unspecified atom stereocenters. The predicted molar refractivity (Wildman–Crippen MR) is 94.3 cm³/mol. The molecule has 1 N–H and O–H groups in total. The van der Waals surface area contributed by atoms with Crippen molar-refractivity contribution in [3.63, 3.8) is 0 Å². The molecule has 0 aliphatic carbocycles. The van der Waals surface area contributed by atoms with Crippen molar-refractivity contribution in [2.75, 3.05) is 13.7 Å². The SMILES string of the molecule is COc1cccc(F)c1CN1CCc2c(nc(C(C)(C)C)[nH]c2=O)C1. The maximum absolute atomic E-state index is 14.2. The maximum Gasteiger partial charge on any atom is 0.254 e. The molecule has 134 valence electrons. The first-order chi connectivity index (χ1) is 11.8. The second kappa shape index (κ2) is 6.59. The van der Waals surface area contributed by atoms with E-state index in [4.69, 9.17) is 4.74 Å². The van der Waals surface area contributed by atoms with Crippen LogP contribution in [-0.4, -0.2) is 28.5 Å². The van der Waals surface area contributed by atoms with Crippen LogP contribution in [0.1, 0.15) is 43.4 Å². The quantitative estimate of drug-likeness (QED) is 0.929. The van der Waals surface area contributed by atoms with E-state index in [1.54, 1.807) is 19.2 Å². The molecule has 3 rings (SSSR count). The van der Waals surface area contributed by atoms with Gasteiger partial charge in [-0.05, 0) is 18.6 Å². The molecule has 1 aliphatic heterocycles. The third kappa shape index (κ3) is 3.58. The van der Waals surface area contributed by atoms with Gasteiger partial charge >= 0.3 is 0 Å². The highest BCUT2D eigenvalue weighted by Gasteiger charge is 2.25. The summed E-state index contributed by atoms with van der Waals surface area (Å²) in [7, 11) is 1.54. The molecule has 25 heavy (non-hydrogen) atoms. The lowest BCUT2D eigenvalue weighted by Gasteiger charge is -2.29. The Hall–Kier alpha value is -2.21. The molecule has 6 heteroatoms. The molecule has 0 amide bonds. The number of fused-ring (bicyclic) bond motifs is 1. The summed E-state index contributed by atoms with van der Waals surface area (Å²) in [6, 6.07) is 4.84. The summed E-state index contributed by atoms with van der Waals surface area (Å²) in [5.74, 6) is 0.945. The predicted octanol–water partition coefficient (Wildman–Crippen LogP) is 2.77. The Morgan fingerprint density at radius 3 is 2.80 bits per heavy atom. The van der Waals surface area contributed by atoms with Crippen LogP contribution in [-0.2, 0) is 24.9 Å². The van der Waals surface area contributed by atoms with Crippen LogP contribution in [0.4, 0.5) is 4.39 Å². The van der Waals surface area contributed by atoms with Gasteiger partial charge in [-0.1, -0.05) is 26.8 Å². The molecule has 0 bridgehead atoms. The van der Waals surface area contributed by atoms with Crippen LogP contribution in [0.3, 0.4) is 0 Å². The number of aromatic nitrogens is 2. The molecule has 0 fully saturated rings. The summed E-state index contributed by atoms with van der Waals surface area (Å²) in [6.07, 6.45) is 0.610. The molecule has 2 heterocycles. The zero-order chi connectivity index (χ0) is 18.2. The Kier molecular flexibility index (Phi) is 4.64. The van der Waals surface area contributed by atoms with Gasteiger partial charge in [-0.15, -0.1) is 0 Å². The molecule has 1 aromatic heterocycles. The smallest absolute Gasteiger partial charge is 0.254 e. The summed E-state index contributed by atoms with van der Waals surface area (Å²) < 4.78 is 19.5. The zero-order valence-electron chi connectivity index (χ0n) is 15.1. The summed E-state index contributed by atoms with van der Waals surface area (Å²) in [5, 5.41) is 0. The van der Waals surface area contributed by atoms with Crippen molar-refractivity contribution < 1.29 is 9.13 Å². The number of ether oxygens (including phenoxy) is 1. The number of H-pyrrole nitrogens is 1. The lowest BCUT2D eigenvalue weighted by Crippen LogP contribution is -2.37. The van der Waals surface area contributed by atoms with Gasteiger partial charge < -0.3 is 9.72 Å². The molecule has 0 spiro atoms. The number of rotatable bonds is 3. The van der Waals surface area contributed by atoms with Crippen molar-refractivity contribution in [1.29, 1.82) is 0 Å². The van der Waals surface area contributed by atoms with Crippen LogP contribution >= 0.6 is 0 Å². The number of nitrogens with one attached hydrogen (secondary N) is 1. The van der Waals surface area contributed by atoms with E-state index in [1.165, 1.54) is 6.07 Å². The van der Waals surface area contributed by atoms with Crippen LogP contribution < -0.4 is 10.3 Å². The summed E-state index contributed by atoms with van der Waals surface area (Å²) >= 11 is 0. The fourth-order valence-electron chi connectivity index (χ4n) is 3.09. The fourth-order valence-corrected chi connectivity index (χ4v) is 3.09. The highest BCUT2D eigenvalue weighted by Crippen LogP contribution is 2.26. The van der Waals surface area contributed by atoms with Gasteiger partial charge in [0.1, 0.15) is 17.4 Å². The van der Waals surface area contributed by atoms with E-state index in [1.807, 2.05) is 20.8 Å². The number of benzene rings is 1. The standard InChI is InChI=1S/C19H24FN3O2/c1-19(2,3)18-21-15-11-23(9-8-12(15)17(24)22-18)10-13-14(20)6-5-7-16(13)25-4/h5-7H,8-11H2,1-4H3,(H,21,22,24). The lowest BCUT2D eigenvalue weighted by atomic mass is 9.95. The van der Waals surface area contributed by atoms with Crippen molar-refractivity contribution in [1.82, 2.24) is 14.9 Å². The van der Waals surface area contributed by atoms with E-state index < -0.39 is 0 Å². The van der Waals surface area contributed by atoms with Crippen LogP contribution in [0, 0.1) is 5.82 Å². The monoisotopic (exact) mass is 345 g/mol. The van der Waals surface area contributed by atoms with Gasteiger partial charge in [0, 0.05) is 36.2 Å². The molecule has 5 nitrogen and oxygen atoms in total. The lowest BCUT2D eigenvalue weighted by molar-refractivity contribution is 0.232. The van der Waals surface area contributed by atoms with E-state index in [-0.39, 0.29) is 16.8 Å². The Morgan fingerprint density at radius 1 is 1.36 bits per heavy atom. The van der Waals surface area contributed by atoms with Gasteiger partial charge in [0.15, 0.2) is 0 Å². The van der Waals surface area contributed by atoms with Gasteiger partial charge in [0.25, 0.3) is 5.56 Å². The number of hydrogen-bond acceptors (Lipinski definition) is 4. The van der Waals surface area contributed by atoms with Crippen LogP contribution in [0.5, 0.6) is 5.75 Å². The summed E-state index contributed by atoms with van der Waals surface area (Å²) in [6.45, 7) is 7.69. The first-order valence-corrected chi connectivity index (χ1v) is 8.46. The molecule has 0 saturated heterocycles. The summed E-state index contributed by atoms with van der Waals surface area (Å²) in [5.41, 5.74) is 1.78. The molecule has 0 atom stereocenters. The Bertz CT molecular complexity index is 840. The second-order valence-corrected chi connectivity index (χ2v) is 7.47. The second-order valence-electron chi connectivity index (χ2n) is 7.47. The minimum Gasteiger partial charge on any atom is -0.496 e. The molecule has 1 aromatic carbocycles. The van der Waals surface area contributed by atoms with Crippen molar-refractivity contribution >= 4 is 0 Å². The van der Waals surface area contributed by atoms with Gasteiger partial charge in [-0.2, -0.15) is 0 Å². The minimum absolute atomic E-state index is 0.0574. The molecule has 2 aromatic rings. The highest BCUT2D eigenvalue weighted by molar-refractivity contribution is 5.35. The van der Waals surface area contributed by atoms with E-state index in [9.17, 15) is 9.18 Å².